The van der Waals surface area contributed by atoms with Crippen LogP contribution in [0.1, 0.15) is 50.5 Å². The molecule has 0 aliphatic carbocycles. The molecule has 0 aromatic carbocycles. The van der Waals surface area contributed by atoms with Crippen molar-refractivity contribution in [2.24, 2.45) is 16.5 Å². The Morgan fingerprint density at radius 3 is 2.30 bits per heavy atom. The Labute approximate surface area is 191 Å². The van der Waals surface area contributed by atoms with Gasteiger partial charge < -0.3 is 32.3 Å². The quantitative estimate of drug-likeness (QED) is 0.108. The average molecular weight is 465 g/mol. The van der Waals surface area contributed by atoms with E-state index in [-0.39, 0.29) is 18.8 Å². The van der Waals surface area contributed by atoms with Gasteiger partial charge in [0.2, 0.25) is 11.8 Å². The molecular formula is C21H32N6O6. The van der Waals surface area contributed by atoms with Crippen LogP contribution in [0.5, 0.6) is 0 Å². The number of rotatable bonds is 16. The van der Waals surface area contributed by atoms with Crippen molar-refractivity contribution in [1.29, 1.82) is 0 Å². The van der Waals surface area contributed by atoms with Crippen LogP contribution in [0.25, 0.3) is 0 Å². The van der Waals surface area contributed by atoms with E-state index in [1.807, 2.05) is 0 Å². The third-order valence-corrected chi connectivity index (χ3v) is 4.66. The molecule has 0 saturated heterocycles. The van der Waals surface area contributed by atoms with Crippen LogP contribution in [0.3, 0.4) is 0 Å². The summed E-state index contributed by atoms with van der Waals surface area (Å²) in [6.07, 6.45) is 6.36. The van der Waals surface area contributed by atoms with E-state index in [9.17, 15) is 24.3 Å². The molecule has 12 heteroatoms. The first-order valence-corrected chi connectivity index (χ1v) is 10.7. The van der Waals surface area contributed by atoms with Crippen molar-refractivity contribution in [2.75, 3.05) is 6.54 Å². The monoisotopic (exact) mass is 464 g/mol. The second kappa shape index (κ2) is 15.2. The maximum absolute atomic E-state index is 12.5. The summed E-state index contributed by atoms with van der Waals surface area (Å²) in [4.78, 5) is 55.2. The predicted octanol–water partition coefficient (Wildman–Crippen LogP) is -0.233. The Hall–Kier alpha value is -3.70. The summed E-state index contributed by atoms with van der Waals surface area (Å²) in [5.74, 6) is -3.88. The molecule has 8 N–H and O–H groups in total. The number of hydrogen-bond acceptors (Lipinski definition) is 6. The van der Waals surface area contributed by atoms with Gasteiger partial charge in [0.25, 0.3) is 0 Å². The summed E-state index contributed by atoms with van der Waals surface area (Å²) in [5.41, 5.74) is 11.1. The normalized spacial score (nSPS) is 12.2. The van der Waals surface area contributed by atoms with Gasteiger partial charge in [-0.3, -0.25) is 24.4 Å². The molecule has 12 nitrogen and oxygen atoms in total. The number of carbonyl (C=O) groups is 4. The first-order valence-electron chi connectivity index (χ1n) is 10.7. The minimum absolute atomic E-state index is 0.0359. The maximum Gasteiger partial charge on any atom is 0.326 e. The van der Waals surface area contributed by atoms with E-state index < -0.39 is 42.3 Å². The van der Waals surface area contributed by atoms with Crippen LogP contribution in [0.2, 0.25) is 0 Å². The number of carbonyl (C=O) groups excluding carboxylic acids is 2. The molecule has 182 valence electrons. The Bertz CT molecular complexity index is 813. The molecule has 0 aliphatic rings. The number of aliphatic imine (C=N–C) groups is 1. The Kier molecular flexibility index (Phi) is 12.6. The number of nitrogens with one attached hydrogen (secondary N) is 2. The number of carboxylic acids is 2. The van der Waals surface area contributed by atoms with E-state index in [0.29, 0.717) is 18.5 Å². The number of guanidine groups is 1. The number of hydrogen-bond donors (Lipinski definition) is 6. The number of nitrogens with zero attached hydrogens (tertiary/aromatic N) is 2. The summed E-state index contributed by atoms with van der Waals surface area (Å²) in [7, 11) is 0. The molecule has 1 rings (SSSR count). The second-order valence-electron chi connectivity index (χ2n) is 7.51. The van der Waals surface area contributed by atoms with Gasteiger partial charge in [-0.15, -0.1) is 0 Å². The highest BCUT2D eigenvalue weighted by Gasteiger charge is 2.28. The molecule has 0 saturated carbocycles. The van der Waals surface area contributed by atoms with Crippen LogP contribution in [0.4, 0.5) is 0 Å². The molecular weight excluding hydrogens is 432 g/mol. The average Bonchev–Trinajstić information content (AvgIpc) is 2.74. The van der Waals surface area contributed by atoms with E-state index in [1.165, 1.54) is 12.4 Å². The van der Waals surface area contributed by atoms with Crippen molar-refractivity contribution in [3.05, 3.63) is 30.1 Å². The highest BCUT2D eigenvalue weighted by Crippen LogP contribution is 2.07. The topological polar surface area (TPSA) is 210 Å². The van der Waals surface area contributed by atoms with E-state index in [4.69, 9.17) is 16.6 Å². The number of carboxylic acid groups (broad SMARTS) is 2. The van der Waals surface area contributed by atoms with Crippen LogP contribution in [0.15, 0.2) is 29.5 Å². The number of pyridine rings is 1. The summed E-state index contributed by atoms with van der Waals surface area (Å²) < 4.78 is 0. The molecule has 0 unspecified atom stereocenters. The van der Waals surface area contributed by atoms with Gasteiger partial charge in [-0.25, -0.2) is 4.79 Å². The van der Waals surface area contributed by atoms with Crippen molar-refractivity contribution in [1.82, 2.24) is 15.6 Å². The van der Waals surface area contributed by atoms with Crippen LogP contribution < -0.4 is 22.1 Å². The second-order valence-corrected chi connectivity index (χ2v) is 7.51. The van der Waals surface area contributed by atoms with Crippen molar-refractivity contribution in [3.8, 4) is 0 Å². The van der Waals surface area contributed by atoms with Crippen molar-refractivity contribution in [3.63, 3.8) is 0 Å². The fraction of sp³-hybridized carbons (Fsp3) is 0.524. The first kappa shape index (κ1) is 27.3. The molecule has 0 bridgehead atoms. The molecule has 0 aliphatic heterocycles. The number of unbranched alkanes of at least 4 members (excludes halogenated alkanes) is 4. The minimum atomic E-state index is -1.38. The number of amides is 2. The molecule has 33 heavy (non-hydrogen) atoms. The molecule has 2 amide bonds. The molecule has 0 fully saturated rings. The molecule has 2 atom stereocenters. The zero-order chi connectivity index (χ0) is 24.6. The summed E-state index contributed by atoms with van der Waals surface area (Å²) in [6.45, 7) is 0.549. The number of nitrogens with two attached hydrogens (primary N) is 2. The van der Waals surface area contributed by atoms with Gasteiger partial charge in [-0.2, -0.15) is 0 Å². The summed E-state index contributed by atoms with van der Waals surface area (Å²) >= 11 is 0. The van der Waals surface area contributed by atoms with Crippen LogP contribution in [-0.2, 0) is 25.6 Å². The van der Waals surface area contributed by atoms with Crippen LogP contribution in [-0.4, -0.2) is 63.5 Å². The van der Waals surface area contributed by atoms with Crippen LogP contribution >= 0.6 is 0 Å². The lowest BCUT2D eigenvalue weighted by Gasteiger charge is -2.20. The molecule has 1 aromatic rings. The number of aromatic nitrogens is 1. The molecule has 0 radical (unpaired) electrons. The lowest BCUT2D eigenvalue weighted by Crippen LogP contribution is -2.52. The van der Waals surface area contributed by atoms with Gasteiger partial charge >= 0.3 is 11.9 Å². The van der Waals surface area contributed by atoms with Gasteiger partial charge in [0, 0.05) is 31.8 Å². The van der Waals surface area contributed by atoms with Gasteiger partial charge in [0.1, 0.15) is 12.1 Å². The highest BCUT2D eigenvalue weighted by molar-refractivity contribution is 5.92. The zero-order valence-electron chi connectivity index (χ0n) is 18.4. The Morgan fingerprint density at radius 1 is 1.00 bits per heavy atom. The maximum atomic E-state index is 12.5. The smallest absolute Gasteiger partial charge is 0.326 e. The Balaban J connectivity index is 2.52. The number of aliphatic carboxylic acids is 2. The lowest BCUT2D eigenvalue weighted by atomic mass is 10.1. The fourth-order valence-electron chi connectivity index (χ4n) is 3.01. The van der Waals surface area contributed by atoms with Gasteiger partial charge in [-0.05, 0) is 24.5 Å². The van der Waals surface area contributed by atoms with E-state index >= 15 is 0 Å². The first-order chi connectivity index (χ1) is 15.7. The Morgan fingerprint density at radius 2 is 1.70 bits per heavy atom. The molecule has 1 heterocycles. The third-order valence-electron chi connectivity index (χ3n) is 4.66. The summed E-state index contributed by atoms with van der Waals surface area (Å²) in [6, 6.07) is 0.610. The van der Waals surface area contributed by atoms with Crippen molar-refractivity contribution >= 4 is 29.7 Å². The lowest BCUT2D eigenvalue weighted by molar-refractivity contribution is -0.143. The predicted molar refractivity (Wildman–Crippen MR) is 120 cm³/mol. The standard InChI is InChI=1S/C21H32N6O6/c22-21(23)25-10-5-3-1-2-4-8-17(28)26-15(12-18(29)30)19(31)27-16(20(32)33)11-14-7-6-9-24-13-14/h6-7,9,13,15-16H,1-5,8,10-12H2,(H,26,28)(H,27,31)(H,29,30)(H,32,33)(H4,22,23,25)/t15-,16-/m0/s1. The molecule has 1 aromatic heterocycles. The fourth-order valence-corrected chi connectivity index (χ4v) is 3.01. The van der Waals surface area contributed by atoms with Crippen molar-refractivity contribution in [2.45, 2.75) is 63.5 Å². The van der Waals surface area contributed by atoms with Gasteiger partial charge in [0.05, 0.1) is 6.42 Å². The zero-order valence-corrected chi connectivity index (χ0v) is 18.4. The van der Waals surface area contributed by atoms with Gasteiger partial charge in [-0.1, -0.05) is 25.3 Å². The van der Waals surface area contributed by atoms with E-state index in [1.54, 1.807) is 12.1 Å². The minimum Gasteiger partial charge on any atom is -0.481 e. The SMILES string of the molecule is NC(N)=NCCCCCCCC(=O)N[C@@H](CC(=O)O)C(=O)N[C@@H](Cc1cccnc1)C(=O)O. The van der Waals surface area contributed by atoms with Crippen molar-refractivity contribution < 1.29 is 29.4 Å². The largest absolute Gasteiger partial charge is 0.481 e. The summed E-state index contributed by atoms with van der Waals surface area (Å²) in [5, 5.41) is 23.2. The highest BCUT2D eigenvalue weighted by atomic mass is 16.4. The van der Waals surface area contributed by atoms with Crippen LogP contribution in [0, 0.1) is 0 Å². The molecule has 0 spiro atoms. The third kappa shape index (κ3) is 12.7. The van der Waals surface area contributed by atoms with E-state index in [0.717, 1.165) is 25.7 Å². The van der Waals surface area contributed by atoms with E-state index in [2.05, 4.69) is 20.6 Å². The van der Waals surface area contributed by atoms with Gasteiger partial charge in [0.15, 0.2) is 5.96 Å².